The molecule has 2 heterocycles. The lowest BCUT2D eigenvalue weighted by molar-refractivity contribution is -0.367. The van der Waals surface area contributed by atoms with Gasteiger partial charge in [0.2, 0.25) is 5.91 Å². The summed E-state index contributed by atoms with van der Waals surface area (Å²) >= 11 is 6.06. The van der Waals surface area contributed by atoms with Gasteiger partial charge in [0, 0.05) is 6.42 Å². The third kappa shape index (κ3) is 3.89. The fourth-order valence-corrected chi connectivity index (χ4v) is 5.32. The Hall–Kier alpha value is -1.50. The molecular formula is C19H24ClF3N3O+. The van der Waals surface area contributed by atoms with Crippen LogP contribution in [-0.4, -0.2) is 37.0 Å². The molecule has 3 atom stereocenters. The van der Waals surface area contributed by atoms with E-state index in [0.717, 1.165) is 24.1 Å². The number of rotatable bonds is 3. The van der Waals surface area contributed by atoms with Gasteiger partial charge in [-0.05, 0) is 43.1 Å². The van der Waals surface area contributed by atoms with E-state index < -0.39 is 11.7 Å². The first-order valence-corrected chi connectivity index (χ1v) is 10.00. The number of aromatic amines is 1. The summed E-state index contributed by atoms with van der Waals surface area (Å²) in [5, 5.41) is 0.0478. The number of H-pyrrole nitrogens is 1. The molecule has 27 heavy (non-hydrogen) atoms. The summed E-state index contributed by atoms with van der Waals surface area (Å²) in [6.07, 6.45) is 2.27. The summed E-state index contributed by atoms with van der Waals surface area (Å²) < 4.78 is 38.3. The second kappa shape index (κ2) is 7.15. The largest absolute Gasteiger partial charge is 0.419 e. The van der Waals surface area contributed by atoms with Gasteiger partial charge in [-0.25, -0.2) is 4.98 Å². The number of carbonyl (C=O) groups excluding carboxylic acids is 1. The lowest BCUT2D eigenvalue weighted by Crippen LogP contribution is -2.50. The third-order valence-electron chi connectivity index (χ3n) is 6.47. The number of hydrogen-bond acceptors (Lipinski definition) is 2. The van der Waals surface area contributed by atoms with Crippen molar-refractivity contribution in [2.24, 2.45) is 17.8 Å². The quantitative estimate of drug-likeness (QED) is 0.774. The molecule has 8 heteroatoms. The first-order chi connectivity index (χ1) is 12.8. The average Bonchev–Trinajstić information content (AvgIpc) is 3.24. The van der Waals surface area contributed by atoms with E-state index in [-0.39, 0.29) is 10.9 Å². The maximum absolute atomic E-state index is 12.8. The lowest BCUT2D eigenvalue weighted by atomic mass is 9.86. The van der Waals surface area contributed by atoms with Crippen LogP contribution in [0.4, 0.5) is 19.0 Å². The number of nitrogens with zero attached hydrogens (tertiary/aromatic N) is 2. The molecule has 2 aliphatic carbocycles. The number of pyridine rings is 1. The first kappa shape index (κ1) is 18.8. The second-order valence-corrected chi connectivity index (χ2v) is 8.50. The molecule has 148 valence electrons. The summed E-state index contributed by atoms with van der Waals surface area (Å²) in [6.45, 7) is 2.27. The molecule has 2 bridgehead atoms. The highest BCUT2D eigenvalue weighted by Gasteiger charge is 2.41. The number of hydrogen-bond donors (Lipinski definition) is 0. The molecule has 1 N–H and O–H groups in total. The van der Waals surface area contributed by atoms with Gasteiger partial charge >= 0.3 is 6.18 Å². The normalized spacial score (nSPS) is 28.1. The van der Waals surface area contributed by atoms with Gasteiger partial charge in [-0.3, -0.25) is 9.69 Å². The summed E-state index contributed by atoms with van der Waals surface area (Å²) in [5.74, 6) is 2.81. The van der Waals surface area contributed by atoms with E-state index in [9.17, 15) is 18.0 Å². The third-order valence-corrected chi connectivity index (χ3v) is 6.76. The number of piperazine rings is 1. The van der Waals surface area contributed by atoms with Gasteiger partial charge in [0.1, 0.15) is 24.3 Å². The van der Waals surface area contributed by atoms with Crippen molar-refractivity contribution in [1.82, 2.24) is 4.90 Å². The summed E-state index contributed by atoms with van der Waals surface area (Å²) in [4.78, 5) is 19.1. The van der Waals surface area contributed by atoms with E-state index in [1.807, 2.05) is 9.80 Å². The molecule has 1 aromatic rings. The van der Waals surface area contributed by atoms with Gasteiger partial charge in [0.05, 0.1) is 18.7 Å². The second-order valence-electron chi connectivity index (χ2n) is 8.09. The molecule has 3 aliphatic rings. The minimum absolute atomic E-state index is 0.0478. The molecule has 1 aliphatic heterocycles. The van der Waals surface area contributed by atoms with Gasteiger partial charge in [0.15, 0.2) is 0 Å². The van der Waals surface area contributed by atoms with Crippen LogP contribution < -0.4 is 9.88 Å². The van der Waals surface area contributed by atoms with Crippen LogP contribution in [0.3, 0.4) is 0 Å². The van der Waals surface area contributed by atoms with Crippen LogP contribution >= 0.6 is 11.6 Å². The van der Waals surface area contributed by atoms with E-state index in [2.05, 4.69) is 4.98 Å². The maximum atomic E-state index is 12.8. The van der Waals surface area contributed by atoms with E-state index in [4.69, 9.17) is 11.6 Å². The van der Waals surface area contributed by atoms with E-state index in [0.29, 0.717) is 44.3 Å². The van der Waals surface area contributed by atoms with Crippen molar-refractivity contribution >= 4 is 23.3 Å². The van der Waals surface area contributed by atoms with Crippen LogP contribution in [0.25, 0.3) is 0 Å². The smallest absolute Gasteiger partial charge is 0.335 e. The molecule has 1 amide bonds. The zero-order chi connectivity index (χ0) is 19.2. The van der Waals surface area contributed by atoms with Gasteiger partial charge < -0.3 is 4.90 Å². The molecule has 4 nitrogen and oxygen atoms in total. The average molecular weight is 403 g/mol. The highest BCUT2D eigenvalue weighted by atomic mass is 35.5. The fraction of sp³-hybridized carbons (Fsp3) is 0.684. The zero-order valence-corrected chi connectivity index (χ0v) is 15.8. The molecule has 0 spiro atoms. The number of amides is 1. The molecule has 1 aromatic heterocycles. The predicted octanol–water partition coefficient (Wildman–Crippen LogP) is 3.65. The van der Waals surface area contributed by atoms with Crippen LogP contribution in [0.15, 0.2) is 12.3 Å². The molecule has 1 saturated heterocycles. The maximum Gasteiger partial charge on any atom is 0.419 e. The first-order valence-electron chi connectivity index (χ1n) is 9.62. The van der Waals surface area contributed by atoms with Crippen molar-refractivity contribution in [3.05, 3.63) is 22.8 Å². The van der Waals surface area contributed by atoms with Crippen LogP contribution in [-0.2, 0) is 11.0 Å². The Labute approximate surface area is 161 Å². The number of fused-ring (bicyclic) bond motifs is 2. The number of carbonyl (C=O) groups is 1. The summed E-state index contributed by atoms with van der Waals surface area (Å²) in [6, 6.07) is 0.944. The lowest BCUT2D eigenvalue weighted by Gasteiger charge is -2.32. The van der Waals surface area contributed by atoms with Crippen LogP contribution in [0, 0.1) is 17.8 Å². The Kier molecular flexibility index (Phi) is 4.99. The molecule has 4 rings (SSSR count). The minimum atomic E-state index is -4.43. The van der Waals surface area contributed by atoms with Crippen molar-refractivity contribution in [3.8, 4) is 0 Å². The summed E-state index contributed by atoms with van der Waals surface area (Å²) in [5.41, 5.74) is -0.795. The number of alkyl halides is 3. The van der Waals surface area contributed by atoms with Gasteiger partial charge in [-0.15, -0.1) is 0 Å². The van der Waals surface area contributed by atoms with Crippen molar-refractivity contribution in [2.45, 2.75) is 38.3 Å². The highest BCUT2D eigenvalue weighted by Crippen LogP contribution is 2.49. The van der Waals surface area contributed by atoms with Gasteiger partial charge in [-0.1, -0.05) is 18.0 Å². The van der Waals surface area contributed by atoms with E-state index in [1.165, 1.54) is 25.7 Å². The molecule has 0 aromatic carbocycles. The van der Waals surface area contributed by atoms with Crippen molar-refractivity contribution < 1.29 is 22.9 Å². The van der Waals surface area contributed by atoms with Gasteiger partial charge in [-0.2, -0.15) is 13.2 Å². The standard InChI is InChI=1S/C19H23ClF3N3O/c20-16-10-15(19(21,22)23)11-24-18(16)26-5-3-25(4-6-26)17(27)9-14-8-12-1-2-13(14)7-12/h10-14H,1-9H2/p+1/t12-,13+,14+/m0/s1. The van der Waals surface area contributed by atoms with E-state index >= 15 is 0 Å². The van der Waals surface area contributed by atoms with Gasteiger partial charge in [0.25, 0.3) is 5.82 Å². The fourth-order valence-electron chi connectivity index (χ4n) is 5.03. The number of aromatic nitrogens is 1. The van der Waals surface area contributed by atoms with Crippen molar-refractivity contribution in [3.63, 3.8) is 0 Å². The Balaban J connectivity index is 1.33. The van der Waals surface area contributed by atoms with Crippen molar-refractivity contribution in [2.75, 3.05) is 31.1 Å². The SMILES string of the molecule is O=C(C[C@H]1C[C@H]2CC[C@@H]1C2)N1CCN(c2[nH+]cc(C(F)(F)F)cc2Cl)CC1. The van der Waals surface area contributed by atoms with Crippen LogP contribution in [0.1, 0.15) is 37.7 Å². The van der Waals surface area contributed by atoms with E-state index in [1.54, 1.807) is 0 Å². The molecule has 0 radical (unpaired) electrons. The number of halogens is 4. The molecule has 3 fully saturated rings. The Morgan fingerprint density at radius 2 is 1.93 bits per heavy atom. The Morgan fingerprint density at radius 3 is 2.48 bits per heavy atom. The zero-order valence-electron chi connectivity index (χ0n) is 15.1. The predicted molar refractivity (Wildman–Crippen MR) is 95.4 cm³/mol. The van der Waals surface area contributed by atoms with Crippen LogP contribution in [0.2, 0.25) is 5.02 Å². The van der Waals surface area contributed by atoms with Crippen molar-refractivity contribution in [1.29, 1.82) is 0 Å². The molecule has 0 unspecified atom stereocenters. The topological polar surface area (TPSA) is 37.7 Å². The summed E-state index contributed by atoms with van der Waals surface area (Å²) in [7, 11) is 0. The highest BCUT2D eigenvalue weighted by molar-refractivity contribution is 6.32. The molecular weight excluding hydrogens is 379 g/mol. The Bertz CT molecular complexity index is 719. The number of nitrogens with one attached hydrogen (secondary N) is 1. The molecule has 2 saturated carbocycles. The Morgan fingerprint density at radius 1 is 1.19 bits per heavy atom. The monoisotopic (exact) mass is 402 g/mol. The number of anilines is 1. The minimum Gasteiger partial charge on any atom is -0.335 e. The van der Waals surface area contributed by atoms with Crippen LogP contribution in [0.5, 0.6) is 0 Å².